The number of ether oxygens (including phenoxy) is 1. The standard InChI is InChI=1S/C12H20N4O4S/c1-3-20-12(17)10-5-4-8-16(10)21(18,19)15(2)9-11-13-6-7-14-11/h6-7,10H,3-5,8-9H2,1-2H3,(H,13,14). The highest BCUT2D eigenvalue weighted by Crippen LogP contribution is 2.24. The lowest BCUT2D eigenvalue weighted by Gasteiger charge is -2.27. The lowest BCUT2D eigenvalue weighted by Crippen LogP contribution is -2.47. The van der Waals surface area contributed by atoms with Crippen molar-refractivity contribution in [3.8, 4) is 0 Å². The van der Waals surface area contributed by atoms with E-state index >= 15 is 0 Å². The molecule has 2 rings (SSSR count). The first kappa shape index (κ1) is 15.9. The van der Waals surface area contributed by atoms with E-state index in [1.807, 2.05) is 0 Å². The molecule has 21 heavy (non-hydrogen) atoms. The summed E-state index contributed by atoms with van der Waals surface area (Å²) in [7, 11) is -2.25. The van der Waals surface area contributed by atoms with E-state index in [2.05, 4.69) is 9.97 Å². The maximum atomic E-state index is 12.6. The number of nitrogens with zero attached hydrogens (tertiary/aromatic N) is 3. The highest BCUT2D eigenvalue weighted by molar-refractivity contribution is 7.86. The van der Waals surface area contributed by atoms with Crippen LogP contribution in [0.2, 0.25) is 0 Å². The normalized spacial score (nSPS) is 20.0. The van der Waals surface area contributed by atoms with E-state index in [1.54, 1.807) is 19.3 Å². The minimum atomic E-state index is -3.72. The van der Waals surface area contributed by atoms with Crippen LogP contribution < -0.4 is 0 Å². The van der Waals surface area contributed by atoms with Crippen LogP contribution in [0.25, 0.3) is 0 Å². The maximum Gasteiger partial charge on any atom is 0.324 e. The first-order valence-corrected chi connectivity index (χ1v) is 8.24. The number of H-pyrrole nitrogens is 1. The zero-order valence-electron chi connectivity index (χ0n) is 12.2. The quantitative estimate of drug-likeness (QED) is 0.752. The molecule has 2 heterocycles. The summed E-state index contributed by atoms with van der Waals surface area (Å²) in [5.41, 5.74) is 0. The van der Waals surface area contributed by atoms with E-state index < -0.39 is 22.2 Å². The van der Waals surface area contributed by atoms with Crippen LogP contribution in [-0.2, 0) is 26.3 Å². The van der Waals surface area contributed by atoms with Crippen molar-refractivity contribution >= 4 is 16.2 Å². The molecule has 1 fully saturated rings. The number of rotatable bonds is 6. The van der Waals surface area contributed by atoms with Crippen molar-refractivity contribution < 1.29 is 17.9 Å². The fourth-order valence-electron chi connectivity index (χ4n) is 2.35. The van der Waals surface area contributed by atoms with Crippen molar-refractivity contribution in [3.05, 3.63) is 18.2 Å². The van der Waals surface area contributed by atoms with Gasteiger partial charge >= 0.3 is 5.97 Å². The summed E-state index contributed by atoms with van der Waals surface area (Å²) >= 11 is 0. The molecule has 0 spiro atoms. The molecule has 1 saturated heterocycles. The molecule has 0 aliphatic carbocycles. The van der Waals surface area contributed by atoms with Crippen LogP contribution >= 0.6 is 0 Å². The summed E-state index contributed by atoms with van der Waals surface area (Å²) in [6, 6.07) is -0.728. The van der Waals surface area contributed by atoms with Crippen molar-refractivity contribution in [3.63, 3.8) is 0 Å². The Bertz CT molecular complexity index is 572. The lowest BCUT2D eigenvalue weighted by atomic mass is 10.2. The molecule has 1 atom stereocenters. The number of hydrogen-bond donors (Lipinski definition) is 1. The second-order valence-corrected chi connectivity index (χ2v) is 6.81. The van der Waals surface area contributed by atoms with Crippen molar-refractivity contribution in [1.29, 1.82) is 0 Å². The highest BCUT2D eigenvalue weighted by Gasteiger charge is 2.41. The third kappa shape index (κ3) is 3.42. The van der Waals surface area contributed by atoms with Crippen LogP contribution in [0.3, 0.4) is 0 Å². The number of hydrogen-bond acceptors (Lipinski definition) is 5. The number of esters is 1. The van der Waals surface area contributed by atoms with Gasteiger partial charge in [0.1, 0.15) is 11.9 Å². The van der Waals surface area contributed by atoms with Crippen LogP contribution in [0.4, 0.5) is 0 Å². The summed E-state index contributed by atoms with van der Waals surface area (Å²) in [5.74, 6) is 0.0675. The SMILES string of the molecule is CCOC(=O)C1CCCN1S(=O)(=O)N(C)Cc1ncc[nH]1. The van der Waals surface area contributed by atoms with Gasteiger partial charge in [0, 0.05) is 26.0 Å². The molecular formula is C12H20N4O4S. The van der Waals surface area contributed by atoms with Crippen LogP contribution in [0.5, 0.6) is 0 Å². The van der Waals surface area contributed by atoms with E-state index in [4.69, 9.17) is 4.74 Å². The monoisotopic (exact) mass is 316 g/mol. The van der Waals surface area contributed by atoms with Crippen LogP contribution in [0.15, 0.2) is 12.4 Å². The second-order valence-electron chi connectivity index (χ2n) is 4.82. The third-order valence-corrected chi connectivity index (χ3v) is 5.33. The van der Waals surface area contributed by atoms with Gasteiger partial charge in [-0.05, 0) is 19.8 Å². The van der Waals surface area contributed by atoms with Gasteiger partial charge in [0.05, 0.1) is 13.2 Å². The van der Waals surface area contributed by atoms with Gasteiger partial charge in [0.2, 0.25) is 0 Å². The zero-order chi connectivity index (χ0) is 15.5. The molecule has 9 heteroatoms. The highest BCUT2D eigenvalue weighted by atomic mass is 32.2. The summed E-state index contributed by atoms with van der Waals surface area (Å²) in [4.78, 5) is 18.7. The van der Waals surface area contributed by atoms with Gasteiger partial charge in [0.25, 0.3) is 10.2 Å². The smallest absolute Gasteiger partial charge is 0.324 e. The molecule has 8 nitrogen and oxygen atoms in total. The van der Waals surface area contributed by atoms with Gasteiger partial charge in [-0.1, -0.05) is 0 Å². The lowest BCUT2D eigenvalue weighted by molar-refractivity contribution is -0.146. The van der Waals surface area contributed by atoms with E-state index in [-0.39, 0.29) is 13.2 Å². The molecule has 1 unspecified atom stereocenters. The molecule has 0 bridgehead atoms. The Morgan fingerprint density at radius 3 is 3.00 bits per heavy atom. The van der Waals surface area contributed by atoms with Crippen molar-refractivity contribution in [2.24, 2.45) is 0 Å². The van der Waals surface area contributed by atoms with E-state index in [0.29, 0.717) is 25.2 Å². The molecule has 1 aromatic rings. The fraction of sp³-hybridized carbons (Fsp3) is 0.667. The van der Waals surface area contributed by atoms with Crippen LogP contribution in [0.1, 0.15) is 25.6 Å². The summed E-state index contributed by atoms with van der Waals surface area (Å²) < 4.78 is 32.5. The zero-order valence-corrected chi connectivity index (χ0v) is 13.0. The molecule has 1 aliphatic rings. The molecule has 1 aromatic heterocycles. The topological polar surface area (TPSA) is 95.6 Å². The van der Waals surface area contributed by atoms with Crippen molar-refractivity contribution in [2.45, 2.75) is 32.4 Å². The summed E-state index contributed by atoms with van der Waals surface area (Å²) in [6.45, 7) is 2.40. The van der Waals surface area contributed by atoms with E-state index in [0.717, 1.165) is 0 Å². The Morgan fingerprint density at radius 1 is 1.62 bits per heavy atom. The van der Waals surface area contributed by atoms with Crippen LogP contribution in [0, 0.1) is 0 Å². The number of carbonyl (C=O) groups excluding carboxylic acids is 1. The fourth-order valence-corrected chi connectivity index (χ4v) is 3.86. The summed E-state index contributed by atoms with van der Waals surface area (Å²) in [5, 5.41) is 0. The number of carbonyl (C=O) groups is 1. The Kier molecular flexibility index (Phi) is 4.96. The van der Waals surface area contributed by atoms with Gasteiger partial charge in [0.15, 0.2) is 0 Å². The number of aromatic amines is 1. The third-order valence-electron chi connectivity index (χ3n) is 3.38. The molecule has 1 aliphatic heterocycles. The summed E-state index contributed by atoms with van der Waals surface area (Å²) in [6.07, 6.45) is 4.34. The molecular weight excluding hydrogens is 296 g/mol. The molecule has 0 amide bonds. The van der Waals surface area contributed by atoms with Gasteiger partial charge < -0.3 is 9.72 Å². The van der Waals surface area contributed by atoms with Gasteiger partial charge in [-0.2, -0.15) is 17.0 Å². The Morgan fingerprint density at radius 2 is 2.38 bits per heavy atom. The predicted octanol–water partition coefficient (Wildman–Crippen LogP) is 0.114. The molecule has 0 radical (unpaired) electrons. The van der Waals surface area contributed by atoms with Crippen LogP contribution in [-0.4, -0.2) is 59.2 Å². The molecule has 118 valence electrons. The average molecular weight is 316 g/mol. The minimum Gasteiger partial charge on any atom is -0.465 e. The van der Waals surface area contributed by atoms with Crippen molar-refractivity contribution in [2.75, 3.05) is 20.2 Å². The first-order chi connectivity index (χ1) is 9.96. The van der Waals surface area contributed by atoms with Gasteiger partial charge in [-0.25, -0.2) is 4.98 Å². The van der Waals surface area contributed by atoms with Gasteiger partial charge in [-0.15, -0.1) is 0 Å². The van der Waals surface area contributed by atoms with Gasteiger partial charge in [-0.3, -0.25) is 4.79 Å². The Hall–Kier alpha value is -1.45. The minimum absolute atomic E-state index is 0.126. The molecule has 0 saturated carbocycles. The first-order valence-electron chi connectivity index (χ1n) is 6.84. The molecule has 0 aromatic carbocycles. The number of nitrogens with one attached hydrogen (secondary N) is 1. The van der Waals surface area contributed by atoms with E-state index in [1.165, 1.54) is 15.7 Å². The predicted molar refractivity (Wildman–Crippen MR) is 75.3 cm³/mol. The Labute approximate surface area is 124 Å². The number of imidazole rings is 1. The Balaban J connectivity index is 2.12. The number of aromatic nitrogens is 2. The average Bonchev–Trinajstić information content (AvgIpc) is 3.09. The second kappa shape index (κ2) is 6.54. The molecule has 1 N–H and O–H groups in total. The maximum absolute atomic E-state index is 12.6. The van der Waals surface area contributed by atoms with E-state index in [9.17, 15) is 13.2 Å². The largest absolute Gasteiger partial charge is 0.465 e. The van der Waals surface area contributed by atoms with Crippen molar-refractivity contribution in [1.82, 2.24) is 18.6 Å².